The Morgan fingerprint density at radius 1 is 0.500 bits per heavy atom. The lowest BCUT2D eigenvalue weighted by Gasteiger charge is -2.27. The number of nitrogens with two attached hydrogens (primary N) is 1. The molecule has 4 nitrogen and oxygen atoms in total. The van der Waals surface area contributed by atoms with Crippen molar-refractivity contribution in [3.8, 4) is 0 Å². The molecule has 0 amide bonds. The van der Waals surface area contributed by atoms with Crippen LogP contribution in [0.3, 0.4) is 0 Å². The maximum Gasteiger partial charge on any atom is 0.0892 e. The summed E-state index contributed by atoms with van der Waals surface area (Å²) < 4.78 is 0. The molecular formula is C32H26N4. The lowest BCUT2D eigenvalue weighted by molar-refractivity contribution is 1.27. The molecule has 0 unspecified atom stereocenters. The number of para-hydroxylation sites is 2. The van der Waals surface area contributed by atoms with Gasteiger partial charge >= 0.3 is 0 Å². The standard InChI is InChI=1S/C32H26N4/c33-29-21-31(35-24-26-15-7-2-8-16-26)32(22-30(29)34-23-25-13-5-1-6-14-25)36(27-17-9-3-10-18-27)28-19-11-4-12-20-28/h1-24H,33H2. The topological polar surface area (TPSA) is 54.0 Å². The van der Waals surface area contributed by atoms with Gasteiger partial charge in [0.15, 0.2) is 0 Å². The summed E-state index contributed by atoms with van der Waals surface area (Å²) >= 11 is 0. The Hall–Kier alpha value is -4.96. The number of nitrogen functional groups attached to an aromatic ring is 1. The van der Waals surface area contributed by atoms with Crippen LogP contribution in [0.25, 0.3) is 0 Å². The van der Waals surface area contributed by atoms with Gasteiger partial charge < -0.3 is 10.6 Å². The number of hydrogen-bond donors (Lipinski definition) is 1. The summed E-state index contributed by atoms with van der Waals surface area (Å²) in [5, 5.41) is 0. The van der Waals surface area contributed by atoms with Gasteiger partial charge in [-0.25, -0.2) is 0 Å². The largest absolute Gasteiger partial charge is 0.397 e. The molecule has 0 saturated heterocycles. The van der Waals surface area contributed by atoms with E-state index < -0.39 is 0 Å². The summed E-state index contributed by atoms with van der Waals surface area (Å²) in [5.41, 5.74) is 13.4. The Labute approximate surface area is 211 Å². The molecule has 174 valence electrons. The highest BCUT2D eigenvalue weighted by Crippen LogP contribution is 2.44. The van der Waals surface area contributed by atoms with Crippen LogP contribution in [-0.4, -0.2) is 12.4 Å². The predicted molar refractivity (Wildman–Crippen MR) is 153 cm³/mol. The molecule has 5 rings (SSSR count). The highest BCUT2D eigenvalue weighted by molar-refractivity contribution is 5.93. The van der Waals surface area contributed by atoms with Crippen LogP contribution in [-0.2, 0) is 0 Å². The average molecular weight is 467 g/mol. The Morgan fingerprint density at radius 2 is 0.917 bits per heavy atom. The first kappa shape index (κ1) is 22.8. The van der Waals surface area contributed by atoms with E-state index in [1.165, 1.54) is 0 Å². The number of hydrogen-bond acceptors (Lipinski definition) is 4. The molecule has 4 heteroatoms. The normalized spacial score (nSPS) is 11.2. The molecule has 0 aromatic heterocycles. The molecule has 0 aliphatic carbocycles. The fourth-order valence-electron chi connectivity index (χ4n) is 3.92. The van der Waals surface area contributed by atoms with Gasteiger partial charge in [0.1, 0.15) is 0 Å². The summed E-state index contributed by atoms with van der Waals surface area (Å²) in [7, 11) is 0. The molecular weight excluding hydrogens is 440 g/mol. The molecule has 5 aromatic carbocycles. The zero-order chi connectivity index (χ0) is 24.6. The third-order valence-corrected chi connectivity index (χ3v) is 5.70. The van der Waals surface area contributed by atoms with Crippen molar-refractivity contribution in [3.05, 3.63) is 145 Å². The Kier molecular flexibility index (Phi) is 6.96. The smallest absolute Gasteiger partial charge is 0.0892 e. The van der Waals surface area contributed by atoms with E-state index in [2.05, 4.69) is 29.2 Å². The minimum absolute atomic E-state index is 0.562. The summed E-state index contributed by atoms with van der Waals surface area (Å²) in [6, 6.07) is 44.4. The van der Waals surface area contributed by atoms with Gasteiger partial charge in [-0.2, -0.15) is 0 Å². The van der Waals surface area contributed by atoms with Gasteiger partial charge in [0, 0.05) is 23.8 Å². The number of benzene rings is 5. The van der Waals surface area contributed by atoms with Crippen LogP contribution in [0.5, 0.6) is 0 Å². The van der Waals surface area contributed by atoms with Crippen LogP contribution in [0.15, 0.2) is 143 Å². The molecule has 5 aromatic rings. The Bertz CT molecular complexity index is 1420. The first-order valence-corrected chi connectivity index (χ1v) is 11.8. The number of nitrogens with zero attached hydrogens (tertiary/aromatic N) is 3. The van der Waals surface area contributed by atoms with E-state index in [-0.39, 0.29) is 0 Å². The van der Waals surface area contributed by atoms with Crippen LogP contribution >= 0.6 is 0 Å². The van der Waals surface area contributed by atoms with Crippen molar-refractivity contribution in [1.82, 2.24) is 0 Å². The maximum atomic E-state index is 6.49. The summed E-state index contributed by atoms with van der Waals surface area (Å²) in [6.07, 6.45) is 3.69. The van der Waals surface area contributed by atoms with Gasteiger partial charge in [-0.05, 0) is 47.5 Å². The van der Waals surface area contributed by atoms with E-state index in [4.69, 9.17) is 15.7 Å². The molecule has 0 atom stereocenters. The van der Waals surface area contributed by atoms with E-state index >= 15 is 0 Å². The van der Waals surface area contributed by atoms with Crippen LogP contribution in [0, 0.1) is 0 Å². The third kappa shape index (κ3) is 5.40. The van der Waals surface area contributed by atoms with Crippen molar-refractivity contribution in [3.63, 3.8) is 0 Å². The van der Waals surface area contributed by atoms with Crippen molar-refractivity contribution >= 4 is 46.6 Å². The number of aliphatic imine (C=N–C) groups is 2. The van der Waals surface area contributed by atoms with Crippen LogP contribution in [0.2, 0.25) is 0 Å². The van der Waals surface area contributed by atoms with Gasteiger partial charge in [-0.3, -0.25) is 9.98 Å². The highest BCUT2D eigenvalue weighted by atomic mass is 15.2. The Morgan fingerprint density at radius 3 is 1.39 bits per heavy atom. The van der Waals surface area contributed by atoms with E-state index in [0.717, 1.165) is 33.9 Å². The zero-order valence-corrected chi connectivity index (χ0v) is 19.8. The van der Waals surface area contributed by atoms with Gasteiger partial charge in [-0.1, -0.05) is 97.1 Å². The minimum Gasteiger partial charge on any atom is -0.397 e. The molecule has 0 aliphatic rings. The molecule has 0 saturated carbocycles. The monoisotopic (exact) mass is 466 g/mol. The van der Waals surface area contributed by atoms with Gasteiger partial charge in [0.2, 0.25) is 0 Å². The molecule has 0 aliphatic heterocycles. The van der Waals surface area contributed by atoms with Gasteiger partial charge in [0.25, 0.3) is 0 Å². The predicted octanol–water partition coefficient (Wildman–Crippen LogP) is 8.24. The quantitative estimate of drug-likeness (QED) is 0.194. The second-order valence-corrected chi connectivity index (χ2v) is 8.24. The van der Waals surface area contributed by atoms with E-state index in [0.29, 0.717) is 11.4 Å². The zero-order valence-electron chi connectivity index (χ0n) is 19.8. The molecule has 36 heavy (non-hydrogen) atoms. The van der Waals surface area contributed by atoms with Gasteiger partial charge in [-0.15, -0.1) is 0 Å². The van der Waals surface area contributed by atoms with Crippen molar-refractivity contribution in [2.75, 3.05) is 10.6 Å². The number of rotatable bonds is 7. The SMILES string of the molecule is Nc1cc(N=Cc2ccccc2)c(N(c2ccccc2)c2ccccc2)cc1N=Cc1ccccc1. The van der Waals surface area contributed by atoms with E-state index in [1.807, 2.05) is 122 Å². The molecule has 0 heterocycles. The molecule has 0 spiro atoms. The van der Waals surface area contributed by atoms with Crippen LogP contribution in [0.4, 0.5) is 34.1 Å². The summed E-state index contributed by atoms with van der Waals surface area (Å²) in [4.78, 5) is 11.8. The second kappa shape index (κ2) is 11.0. The molecule has 0 radical (unpaired) electrons. The fourth-order valence-corrected chi connectivity index (χ4v) is 3.92. The average Bonchev–Trinajstić information content (AvgIpc) is 2.94. The van der Waals surface area contributed by atoms with Crippen molar-refractivity contribution < 1.29 is 0 Å². The van der Waals surface area contributed by atoms with E-state index in [9.17, 15) is 0 Å². The van der Waals surface area contributed by atoms with Crippen LogP contribution < -0.4 is 10.6 Å². The lowest BCUT2D eigenvalue weighted by Crippen LogP contribution is -2.10. The lowest BCUT2D eigenvalue weighted by atomic mass is 10.1. The minimum atomic E-state index is 0.562. The van der Waals surface area contributed by atoms with Crippen LogP contribution in [0.1, 0.15) is 11.1 Å². The fraction of sp³-hybridized carbons (Fsp3) is 0. The second-order valence-electron chi connectivity index (χ2n) is 8.24. The van der Waals surface area contributed by atoms with Crippen molar-refractivity contribution in [1.29, 1.82) is 0 Å². The molecule has 0 fully saturated rings. The summed E-state index contributed by atoms with van der Waals surface area (Å²) in [6.45, 7) is 0. The first-order chi connectivity index (χ1) is 17.8. The summed E-state index contributed by atoms with van der Waals surface area (Å²) in [5.74, 6) is 0. The first-order valence-electron chi connectivity index (χ1n) is 11.8. The van der Waals surface area contributed by atoms with E-state index in [1.54, 1.807) is 0 Å². The third-order valence-electron chi connectivity index (χ3n) is 5.70. The maximum absolute atomic E-state index is 6.49. The molecule has 0 bridgehead atoms. The number of anilines is 4. The highest BCUT2D eigenvalue weighted by Gasteiger charge is 2.18. The van der Waals surface area contributed by atoms with Gasteiger partial charge in [0.05, 0.1) is 22.7 Å². The Balaban J connectivity index is 1.67. The van der Waals surface area contributed by atoms with Crippen molar-refractivity contribution in [2.45, 2.75) is 0 Å². The molecule has 2 N–H and O–H groups in total. The van der Waals surface area contributed by atoms with Crippen molar-refractivity contribution in [2.24, 2.45) is 9.98 Å².